The number of ketones is 1. The molecule has 250 valence electrons. The molecule has 0 spiro atoms. The zero-order valence-electron chi connectivity index (χ0n) is 28.7. The Hall–Kier alpha value is -4.82. The fourth-order valence-corrected chi connectivity index (χ4v) is 8.38. The highest BCUT2D eigenvalue weighted by Gasteiger charge is 2.31. The van der Waals surface area contributed by atoms with Crippen molar-refractivity contribution in [2.24, 2.45) is 0 Å². The van der Waals surface area contributed by atoms with Crippen molar-refractivity contribution < 1.29 is 17.9 Å². The summed E-state index contributed by atoms with van der Waals surface area (Å²) in [5.74, 6) is -0.167. The summed E-state index contributed by atoms with van der Waals surface area (Å²) in [5.41, 5.74) is 6.39. The van der Waals surface area contributed by atoms with E-state index in [-0.39, 0.29) is 23.2 Å². The first-order valence-corrected chi connectivity index (χ1v) is 21.6. The van der Waals surface area contributed by atoms with Gasteiger partial charge in [-0.15, -0.1) is 0 Å². The molecule has 0 bridgehead atoms. The van der Waals surface area contributed by atoms with Crippen LogP contribution in [-0.4, -0.2) is 42.4 Å². The lowest BCUT2D eigenvalue weighted by atomic mass is 9.91. The molecule has 0 radical (unpaired) electrons. The molecule has 0 atom stereocenters. The summed E-state index contributed by atoms with van der Waals surface area (Å²) in [6, 6.07) is 26.5. The van der Waals surface area contributed by atoms with Crippen molar-refractivity contribution in [2.45, 2.75) is 64.5 Å². The number of carbonyl (C=O) groups excluding carboxylic acids is 1. The average molecular weight is 689 g/mol. The predicted octanol–water partition coefficient (Wildman–Crippen LogP) is 8.49. The van der Waals surface area contributed by atoms with Gasteiger partial charge in [-0.25, -0.2) is 17.4 Å². The minimum atomic E-state index is -4.04. The Morgan fingerprint density at radius 1 is 0.980 bits per heavy atom. The topological polar surface area (TPSA) is 107 Å². The molecule has 8 nitrogen and oxygen atoms in total. The van der Waals surface area contributed by atoms with Crippen LogP contribution in [0, 0.1) is 25.2 Å². The van der Waals surface area contributed by atoms with E-state index in [0.29, 0.717) is 51.7 Å². The van der Waals surface area contributed by atoms with Crippen LogP contribution in [0.4, 0.5) is 0 Å². The van der Waals surface area contributed by atoms with E-state index >= 15 is 4.79 Å². The van der Waals surface area contributed by atoms with Crippen LogP contribution in [0.15, 0.2) is 90.0 Å². The Bertz CT molecular complexity index is 2360. The van der Waals surface area contributed by atoms with Crippen LogP contribution in [0.2, 0.25) is 25.7 Å². The highest BCUT2D eigenvalue weighted by Crippen LogP contribution is 2.40. The molecule has 0 aliphatic heterocycles. The van der Waals surface area contributed by atoms with Gasteiger partial charge in [0, 0.05) is 37.4 Å². The van der Waals surface area contributed by atoms with Gasteiger partial charge in [-0.3, -0.25) is 9.36 Å². The summed E-state index contributed by atoms with van der Waals surface area (Å²) in [5, 5.41) is 10.2. The molecule has 0 fully saturated rings. The average Bonchev–Trinajstić information content (AvgIpc) is 3.66. The van der Waals surface area contributed by atoms with Crippen molar-refractivity contribution >= 4 is 45.8 Å². The van der Waals surface area contributed by atoms with Crippen LogP contribution in [0.25, 0.3) is 33.1 Å². The minimum absolute atomic E-state index is 0.0851. The van der Waals surface area contributed by atoms with Crippen molar-refractivity contribution in [1.29, 1.82) is 5.26 Å². The number of aryl methyl sites for hydroxylation is 3. The zero-order valence-corrected chi connectivity index (χ0v) is 30.6. The van der Waals surface area contributed by atoms with Crippen LogP contribution >= 0.6 is 0 Å². The fraction of sp³-hybridized carbons (Fsp3) is 0.256. The number of nitrogens with zero attached hydrogens (tertiary/aromatic N) is 4. The van der Waals surface area contributed by atoms with Gasteiger partial charge in [0.05, 0.1) is 33.1 Å². The number of imidazole rings is 1. The highest BCUT2D eigenvalue weighted by molar-refractivity contribution is 7.90. The normalized spacial score (nSPS) is 12.1. The van der Waals surface area contributed by atoms with Crippen LogP contribution in [0.1, 0.15) is 45.4 Å². The quantitative estimate of drug-likeness (QED) is 0.0768. The smallest absolute Gasteiger partial charge is 0.268 e. The third kappa shape index (κ3) is 6.49. The van der Waals surface area contributed by atoms with Gasteiger partial charge >= 0.3 is 0 Å². The Morgan fingerprint density at radius 3 is 2.35 bits per heavy atom. The molecule has 10 heteroatoms. The van der Waals surface area contributed by atoms with E-state index in [1.54, 1.807) is 53.2 Å². The lowest BCUT2D eigenvalue weighted by Gasteiger charge is -2.17. The van der Waals surface area contributed by atoms with Crippen molar-refractivity contribution in [3.63, 3.8) is 0 Å². The Kier molecular flexibility index (Phi) is 9.20. The van der Waals surface area contributed by atoms with Gasteiger partial charge in [-0.05, 0) is 73.3 Å². The maximum atomic E-state index is 15.1. The molecule has 0 saturated carbocycles. The summed E-state index contributed by atoms with van der Waals surface area (Å²) >= 11 is 0. The van der Waals surface area contributed by atoms with E-state index in [0.717, 1.165) is 28.3 Å². The molecule has 0 aliphatic rings. The number of benzene rings is 4. The molecule has 0 unspecified atom stereocenters. The van der Waals surface area contributed by atoms with E-state index in [4.69, 9.17) is 9.72 Å². The second-order valence-corrected chi connectivity index (χ2v) is 21.1. The Labute approximate surface area is 288 Å². The van der Waals surface area contributed by atoms with Crippen molar-refractivity contribution in [3.8, 4) is 17.2 Å². The van der Waals surface area contributed by atoms with Gasteiger partial charge in [0.15, 0.2) is 5.82 Å². The summed E-state index contributed by atoms with van der Waals surface area (Å²) in [4.78, 5) is 20.1. The summed E-state index contributed by atoms with van der Waals surface area (Å²) in [6.07, 6.45) is 2.17. The first kappa shape index (κ1) is 34.1. The molecule has 2 aromatic heterocycles. The Morgan fingerprint density at radius 2 is 1.69 bits per heavy atom. The molecule has 0 aliphatic carbocycles. The third-order valence-corrected chi connectivity index (χ3v) is 12.3. The van der Waals surface area contributed by atoms with E-state index in [1.165, 1.54) is 3.97 Å². The minimum Gasteiger partial charge on any atom is -0.361 e. The molecule has 0 saturated heterocycles. The second kappa shape index (κ2) is 13.2. The maximum Gasteiger partial charge on any atom is 0.268 e. The lowest BCUT2D eigenvalue weighted by molar-refractivity contribution is 0.0835. The maximum absolute atomic E-state index is 15.1. The molecule has 4 aromatic carbocycles. The zero-order chi connectivity index (χ0) is 35.1. The van der Waals surface area contributed by atoms with Gasteiger partial charge in [-0.2, -0.15) is 5.26 Å². The van der Waals surface area contributed by atoms with Crippen LogP contribution in [0.5, 0.6) is 0 Å². The summed E-state index contributed by atoms with van der Waals surface area (Å²) < 4.78 is 37.9. The summed E-state index contributed by atoms with van der Waals surface area (Å²) in [7, 11) is -5.42. The second-order valence-electron chi connectivity index (χ2n) is 13.7. The van der Waals surface area contributed by atoms with E-state index in [9.17, 15) is 13.7 Å². The first-order chi connectivity index (χ1) is 23.3. The number of rotatable bonds is 11. The molecular weight excluding hydrogens is 649 g/mol. The number of carbonyl (C=O) groups is 1. The standard InChI is InChI=1S/C39H40N4O4SSi/c1-7-29-21-27(3)37-36(32(30-11-9-8-10-12-30)24-43(37)48(45,46)31-16-13-26(2)14-17-31)35(29)38(44)39-41-33-18-15-28(23-40)22-34(33)42(39)25-47-19-20-49(4,5)6/h8-18,21-22,24H,7,19-20,25H2,1-6H3. The van der Waals surface area contributed by atoms with Crippen LogP contribution in [-0.2, 0) is 27.9 Å². The van der Waals surface area contributed by atoms with Crippen LogP contribution in [0.3, 0.4) is 0 Å². The number of hydrogen-bond acceptors (Lipinski definition) is 6. The van der Waals surface area contributed by atoms with Crippen LogP contribution < -0.4 is 0 Å². The molecule has 6 rings (SSSR count). The molecular formula is C39H40N4O4SSi. The molecule has 0 N–H and O–H groups in total. The largest absolute Gasteiger partial charge is 0.361 e. The van der Waals surface area contributed by atoms with Gasteiger partial charge < -0.3 is 4.74 Å². The number of fused-ring (bicyclic) bond motifs is 2. The number of nitriles is 1. The van der Waals surface area contributed by atoms with Gasteiger partial charge in [-0.1, -0.05) is 80.7 Å². The molecule has 6 aromatic rings. The van der Waals surface area contributed by atoms with Gasteiger partial charge in [0.2, 0.25) is 5.78 Å². The van der Waals surface area contributed by atoms with Crippen molar-refractivity contribution in [3.05, 3.63) is 119 Å². The van der Waals surface area contributed by atoms with Gasteiger partial charge in [0.25, 0.3) is 10.0 Å². The monoisotopic (exact) mass is 688 g/mol. The molecule has 0 amide bonds. The highest BCUT2D eigenvalue weighted by atomic mass is 32.2. The number of hydrogen-bond donors (Lipinski definition) is 0. The van der Waals surface area contributed by atoms with E-state index in [1.807, 2.05) is 57.2 Å². The lowest BCUT2D eigenvalue weighted by Crippen LogP contribution is -2.22. The van der Waals surface area contributed by atoms with Crippen molar-refractivity contribution in [2.75, 3.05) is 6.61 Å². The molecule has 2 heterocycles. The Balaban J connectivity index is 1.63. The van der Waals surface area contributed by atoms with E-state index < -0.39 is 18.1 Å². The van der Waals surface area contributed by atoms with Crippen molar-refractivity contribution in [1.82, 2.24) is 13.5 Å². The van der Waals surface area contributed by atoms with Gasteiger partial charge in [0.1, 0.15) is 6.73 Å². The first-order valence-electron chi connectivity index (χ1n) is 16.4. The predicted molar refractivity (Wildman–Crippen MR) is 197 cm³/mol. The SMILES string of the molecule is CCc1cc(C)c2c(c(-c3ccccc3)cn2S(=O)(=O)c2ccc(C)cc2)c1C(=O)c1nc2ccc(C#N)cc2n1COCC[Si](C)(C)C. The number of ether oxygens (including phenoxy) is 1. The molecule has 49 heavy (non-hydrogen) atoms. The summed E-state index contributed by atoms with van der Waals surface area (Å²) in [6.45, 7) is 13.2. The number of aromatic nitrogens is 3. The third-order valence-electron chi connectivity index (χ3n) is 8.88. The van der Waals surface area contributed by atoms with E-state index in [2.05, 4.69) is 25.7 Å². The fourth-order valence-electron chi connectivity index (χ4n) is 6.20.